The third kappa shape index (κ3) is 4.31. The Morgan fingerprint density at radius 1 is 1.56 bits per heavy atom. The highest BCUT2D eigenvalue weighted by Crippen LogP contribution is 2.04. The quantitative estimate of drug-likeness (QED) is 0.703. The Hall–Kier alpha value is -1.66. The van der Waals surface area contributed by atoms with Crippen LogP contribution in [0.2, 0.25) is 0 Å². The van der Waals surface area contributed by atoms with Gasteiger partial charge in [-0.15, -0.1) is 0 Å². The molecule has 0 saturated heterocycles. The first-order chi connectivity index (χ1) is 8.54. The number of ether oxygens (including phenoxy) is 1. The molecular weight excluding hydrogens is 234 g/mol. The van der Waals surface area contributed by atoms with Crippen LogP contribution in [0.25, 0.3) is 0 Å². The van der Waals surface area contributed by atoms with Crippen molar-refractivity contribution < 1.29 is 9.53 Å². The number of hydrogen-bond acceptors (Lipinski definition) is 4. The summed E-state index contributed by atoms with van der Waals surface area (Å²) >= 11 is 0. The summed E-state index contributed by atoms with van der Waals surface area (Å²) in [7, 11) is 3.23. The number of anilines is 1. The number of nitrogens with one attached hydrogen (secondary N) is 1. The average molecular weight is 253 g/mol. The van der Waals surface area contributed by atoms with E-state index in [1.54, 1.807) is 26.4 Å². The third-order valence-electron chi connectivity index (χ3n) is 2.55. The van der Waals surface area contributed by atoms with Gasteiger partial charge in [0.1, 0.15) is 0 Å². The van der Waals surface area contributed by atoms with Gasteiger partial charge in [-0.25, -0.2) is 0 Å². The van der Waals surface area contributed by atoms with E-state index in [4.69, 9.17) is 10.5 Å². The fraction of sp³-hybridized carbons (Fsp3) is 0.500. The molecule has 0 saturated carbocycles. The van der Waals surface area contributed by atoms with Gasteiger partial charge in [0.2, 0.25) is 11.5 Å². The Kier molecular flexibility index (Phi) is 5.54. The Morgan fingerprint density at radius 2 is 2.28 bits per heavy atom. The molecule has 18 heavy (non-hydrogen) atoms. The van der Waals surface area contributed by atoms with Gasteiger partial charge in [-0.2, -0.15) is 0 Å². The Morgan fingerprint density at radius 3 is 2.89 bits per heavy atom. The van der Waals surface area contributed by atoms with E-state index < -0.39 is 6.04 Å². The highest BCUT2D eigenvalue weighted by molar-refractivity contribution is 5.94. The van der Waals surface area contributed by atoms with Crippen molar-refractivity contribution in [2.45, 2.75) is 18.9 Å². The van der Waals surface area contributed by atoms with Crippen molar-refractivity contribution in [2.75, 3.05) is 19.0 Å². The van der Waals surface area contributed by atoms with Crippen molar-refractivity contribution in [3.8, 4) is 0 Å². The third-order valence-corrected chi connectivity index (χ3v) is 2.55. The molecule has 1 aromatic rings. The van der Waals surface area contributed by atoms with Crippen LogP contribution < -0.4 is 16.6 Å². The van der Waals surface area contributed by atoms with E-state index in [0.717, 1.165) is 6.42 Å². The smallest absolute Gasteiger partial charge is 0.250 e. The lowest BCUT2D eigenvalue weighted by atomic mass is 10.1. The van der Waals surface area contributed by atoms with Crippen molar-refractivity contribution in [3.05, 3.63) is 28.7 Å². The minimum atomic E-state index is -0.572. The van der Waals surface area contributed by atoms with Gasteiger partial charge >= 0.3 is 0 Å². The predicted molar refractivity (Wildman–Crippen MR) is 69.4 cm³/mol. The number of carbonyl (C=O) groups excluding carboxylic acids is 1. The van der Waals surface area contributed by atoms with E-state index in [-0.39, 0.29) is 11.5 Å². The average Bonchev–Trinajstić information content (AvgIpc) is 2.34. The maximum atomic E-state index is 11.7. The van der Waals surface area contributed by atoms with Crippen LogP contribution in [0.3, 0.4) is 0 Å². The molecule has 1 aromatic heterocycles. The van der Waals surface area contributed by atoms with Gasteiger partial charge in [0.25, 0.3) is 0 Å². The molecule has 0 bridgehead atoms. The van der Waals surface area contributed by atoms with Crippen molar-refractivity contribution >= 4 is 11.6 Å². The standard InChI is InChI=1S/C12H19N3O3/c1-15-8-9(5-6-11(15)16)14-12(17)10(13)4-3-7-18-2/h5-6,8,10H,3-4,7,13H2,1-2H3,(H,14,17). The molecule has 6 nitrogen and oxygen atoms in total. The zero-order chi connectivity index (χ0) is 13.5. The number of pyridine rings is 1. The van der Waals surface area contributed by atoms with E-state index in [9.17, 15) is 9.59 Å². The van der Waals surface area contributed by atoms with Crippen LogP contribution in [0.4, 0.5) is 5.69 Å². The lowest BCUT2D eigenvalue weighted by Gasteiger charge is -2.12. The summed E-state index contributed by atoms with van der Waals surface area (Å²) in [6.07, 6.45) is 2.85. The summed E-state index contributed by atoms with van der Waals surface area (Å²) in [6.45, 7) is 0.584. The zero-order valence-corrected chi connectivity index (χ0v) is 10.7. The second-order valence-corrected chi connectivity index (χ2v) is 4.10. The molecule has 0 spiro atoms. The van der Waals surface area contributed by atoms with E-state index in [1.165, 1.54) is 10.6 Å². The van der Waals surface area contributed by atoms with Crippen LogP contribution in [-0.2, 0) is 16.6 Å². The minimum absolute atomic E-state index is 0.127. The Balaban J connectivity index is 2.53. The van der Waals surface area contributed by atoms with E-state index >= 15 is 0 Å². The van der Waals surface area contributed by atoms with Gasteiger partial charge in [-0.1, -0.05) is 0 Å². The number of nitrogens with two attached hydrogens (primary N) is 1. The summed E-state index contributed by atoms with van der Waals surface area (Å²) < 4.78 is 6.29. The number of amides is 1. The number of aryl methyl sites for hydroxylation is 1. The molecule has 100 valence electrons. The number of rotatable bonds is 6. The van der Waals surface area contributed by atoms with Crippen LogP contribution in [0, 0.1) is 0 Å². The molecule has 0 aliphatic carbocycles. The SMILES string of the molecule is COCCCC(N)C(=O)Nc1ccc(=O)n(C)c1. The van der Waals surface area contributed by atoms with E-state index in [1.807, 2.05) is 0 Å². The molecular formula is C12H19N3O3. The maximum Gasteiger partial charge on any atom is 0.250 e. The largest absolute Gasteiger partial charge is 0.385 e. The second-order valence-electron chi connectivity index (χ2n) is 4.10. The highest BCUT2D eigenvalue weighted by atomic mass is 16.5. The fourth-order valence-corrected chi connectivity index (χ4v) is 1.48. The second kappa shape index (κ2) is 6.93. The Labute approximate surface area is 106 Å². The number of aromatic nitrogens is 1. The normalized spacial score (nSPS) is 12.2. The van der Waals surface area contributed by atoms with Gasteiger partial charge in [0, 0.05) is 33.0 Å². The predicted octanol–water partition coefficient (Wildman–Crippen LogP) is 0.0777. The zero-order valence-electron chi connectivity index (χ0n) is 10.7. The highest BCUT2D eigenvalue weighted by Gasteiger charge is 2.13. The first-order valence-electron chi connectivity index (χ1n) is 5.76. The molecule has 0 radical (unpaired) electrons. The van der Waals surface area contributed by atoms with Crippen molar-refractivity contribution in [3.63, 3.8) is 0 Å². The van der Waals surface area contributed by atoms with Crippen LogP contribution in [0.1, 0.15) is 12.8 Å². The van der Waals surface area contributed by atoms with Gasteiger partial charge in [0.15, 0.2) is 0 Å². The van der Waals surface area contributed by atoms with Gasteiger partial charge in [0.05, 0.1) is 11.7 Å². The van der Waals surface area contributed by atoms with E-state index in [2.05, 4.69) is 5.32 Å². The number of methoxy groups -OCH3 is 1. The Bertz CT molecular complexity index is 456. The molecule has 1 heterocycles. The lowest BCUT2D eigenvalue weighted by molar-refractivity contribution is -0.117. The van der Waals surface area contributed by atoms with Crippen molar-refractivity contribution in [1.82, 2.24) is 4.57 Å². The monoisotopic (exact) mass is 253 g/mol. The summed E-state index contributed by atoms with van der Waals surface area (Å²) in [6, 6.07) is 2.38. The van der Waals surface area contributed by atoms with Crippen LogP contribution >= 0.6 is 0 Å². The number of hydrogen-bond donors (Lipinski definition) is 2. The summed E-state index contributed by atoms with van der Waals surface area (Å²) in [5, 5.41) is 2.67. The minimum Gasteiger partial charge on any atom is -0.385 e. The van der Waals surface area contributed by atoms with Crippen LogP contribution in [-0.4, -0.2) is 30.2 Å². The van der Waals surface area contributed by atoms with Crippen LogP contribution in [0.15, 0.2) is 23.1 Å². The molecule has 0 aromatic carbocycles. The molecule has 1 atom stereocenters. The molecule has 0 aliphatic rings. The molecule has 3 N–H and O–H groups in total. The summed E-state index contributed by atoms with van der Waals surface area (Å²) in [5.74, 6) is -0.259. The maximum absolute atomic E-state index is 11.7. The number of nitrogens with zero attached hydrogens (tertiary/aromatic N) is 1. The first-order valence-corrected chi connectivity index (χ1v) is 5.76. The summed E-state index contributed by atoms with van der Waals surface area (Å²) in [4.78, 5) is 22.9. The fourth-order valence-electron chi connectivity index (χ4n) is 1.48. The molecule has 6 heteroatoms. The molecule has 0 fully saturated rings. The molecule has 1 amide bonds. The molecule has 1 unspecified atom stereocenters. The van der Waals surface area contributed by atoms with Gasteiger partial charge in [-0.05, 0) is 18.9 Å². The molecule has 1 rings (SSSR count). The first kappa shape index (κ1) is 14.4. The topological polar surface area (TPSA) is 86.3 Å². The van der Waals surface area contributed by atoms with Crippen molar-refractivity contribution in [2.24, 2.45) is 12.8 Å². The molecule has 0 aliphatic heterocycles. The van der Waals surface area contributed by atoms with Gasteiger partial charge < -0.3 is 20.4 Å². The lowest BCUT2D eigenvalue weighted by Crippen LogP contribution is -2.36. The number of carbonyl (C=O) groups is 1. The van der Waals surface area contributed by atoms with Crippen molar-refractivity contribution in [1.29, 1.82) is 0 Å². The van der Waals surface area contributed by atoms with Gasteiger partial charge in [-0.3, -0.25) is 9.59 Å². The van der Waals surface area contributed by atoms with Crippen LogP contribution in [0.5, 0.6) is 0 Å². The van der Waals surface area contributed by atoms with E-state index in [0.29, 0.717) is 18.7 Å². The summed E-state index contributed by atoms with van der Waals surface area (Å²) in [5.41, 5.74) is 6.17.